The van der Waals surface area contributed by atoms with Crippen molar-refractivity contribution in [3.8, 4) is 0 Å². The number of aromatic nitrogens is 2. The fourth-order valence-electron chi connectivity index (χ4n) is 2.05. The van der Waals surface area contributed by atoms with Gasteiger partial charge in [-0.25, -0.2) is 9.59 Å². The number of amides is 3. The largest absolute Gasteiger partial charge is 0.452 e. The first-order valence-electron chi connectivity index (χ1n) is 8.13. The summed E-state index contributed by atoms with van der Waals surface area (Å²) in [5.41, 5.74) is 2.53. The molecule has 0 aliphatic rings. The average molecular weight is 350 g/mol. The second kappa shape index (κ2) is 9.61. The van der Waals surface area contributed by atoms with Crippen molar-refractivity contribution in [1.29, 1.82) is 0 Å². The molecule has 0 aromatic carbocycles. The van der Waals surface area contributed by atoms with Crippen molar-refractivity contribution >= 4 is 24.0 Å². The maximum Gasteiger partial charge on any atom is 0.331 e. The molecule has 2 N–H and O–H groups in total. The summed E-state index contributed by atoms with van der Waals surface area (Å²) >= 11 is 0. The van der Waals surface area contributed by atoms with Crippen LogP contribution in [0.2, 0.25) is 0 Å². The summed E-state index contributed by atoms with van der Waals surface area (Å²) in [5, 5.41) is 8.90. The summed E-state index contributed by atoms with van der Waals surface area (Å²) < 4.78 is 6.52. The second-order valence-corrected chi connectivity index (χ2v) is 6.14. The summed E-state index contributed by atoms with van der Waals surface area (Å²) in [7, 11) is 1.81. The quantitative estimate of drug-likeness (QED) is 0.573. The van der Waals surface area contributed by atoms with E-state index >= 15 is 0 Å². The molecule has 0 radical (unpaired) electrons. The lowest BCUT2D eigenvalue weighted by atomic mass is 10.1. The summed E-state index contributed by atoms with van der Waals surface area (Å²) in [6.07, 6.45) is 3.64. The lowest BCUT2D eigenvalue weighted by Gasteiger charge is -2.08. The van der Waals surface area contributed by atoms with Gasteiger partial charge in [-0.1, -0.05) is 13.8 Å². The summed E-state index contributed by atoms with van der Waals surface area (Å²) in [4.78, 5) is 34.7. The molecule has 0 unspecified atom stereocenters. The Morgan fingerprint density at radius 3 is 2.52 bits per heavy atom. The first-order chi connectivity index (χ1) is 11.7. The number of hydrogen-bond acceptors (Lipinski definition) is 5. The number of rotatable bonds is 7. The van der Waals surface area contributed by atoms with Crippen LogP contribution in [0.4, 0.5) is 4.79 Å². The average Bonchev–Trinajstić information content (AvgIpc) is 2.75. The van der Waals surface area contributed by atoms with Crippen molar-refractivity contribution in [1.82, 2.24) is 20.4 Å². The fraction of sp³-hybridized carbons (Fsp3) is 0.529. The number of imide groups is 1. The van der Waals surface area contributed by atoms with Crippen molar-refractivity contribution in [3.63, 3.8) is 0 Å². The number of ether oxygens (including phenoxy) is 1. The predicted molar refractivity (Wildman–Crippen MR) is 93.7 cm³/mol. The van der Waals surface area contributed by atoms with E-state index in [1.54, 1.807) is 10.8 Å². The third-order valence-corrected chi connectivity index (χ3v) is 3.56. The van der Waals surface area contributed by atoms with Crippen LogP contribution in [0.5, 0.6) is 0 Å². The smallest absolute Gasteiger partial charge is 0.331 e. The highest BCUT2D eigenvalue weighted by Gasteiger charge is 2.10. The minimum absolute atomic E-state index is 0.454. The molecule has 3 amide bonds. The first kappa shape index (κ1) is 20.4. The highest BCUT2D eigenvalue weighted by Crippen LogP contribution is 2.13. The van der Waals surface area contributed by atoms with Crippen LogP contribution in [-0.4, -0.2) is 40.8 Å². The van der Waals surface area contributed by atoms with E-state index in [2.05, 4.69) is 15.7 Å². The van der Waals surface area contributed by atoms with Gasteiger partial charge in [-0.3, -0.25) is 14.8 Å². The molecular weight excluding hydrogens is 324 g/mol. The number of hydrogen-bond donors (Lipinski definition) is 2. The lowest BCUT2D eigenvalue weighted by Crippen LogP contribution is -2.41. The predicted octanol–water partition coefficient (Wildman–Crippen LogP) is 1.47. The van der Waals surface area contributed by atoms with Crippen LogP contribution in [0.1, 0.15) is 37.2 Å². The fourth-order valence-corrected chi connectivity index (χ4v) is 2.05. The molecular formula is C17H26N4O4. The molecule has 1 aromatic rings. The summed E-state index contributed by atoms with van der Waals surface area (Å²) in [6, 6.07) is -0.598. The first-order valence-corrected chi connectivity index (χ1v) is 8.13. The number of carbonyl (C=O) groups excluding carboxylic acids is 3. The van der Waals surface area contributed by atoms with Gasteiger partial charge in [0.1, 0.15) is 0 Å². The molecule has 0 saturated carbocycles. The molecule has 1 aromatic heterocycles. The molecule has 0 atom stereocenters. The Hall–Kier alpha value is -2.64. The van der Waals surface area contributed by atoms with Crippen LogP contribution in [0, 0.1) is 19.8 Å². The van der Waals surface area contributed by atoms with Gasteiger partial charge in [0.05, 0.1) is 5.69 Å². The zero-order chi connectivity index (χ0) is 19.0. The van der Waals surface area contributed by atoms with E-state index < -0.39 is 24.5 Å². The standard InChI is InChI=1S/C17H26N4O4/c1-11(2)8-9-18-17(24)19-15(22)10-25-16(23)7-6-14-12(3)20-21(5)13(14)4/h6-7,11H,8-10H2,1-5H3,(H2,18,19,22,24)/b7-6+. The molecule has 0 aliphatic heterocycles. The Morgan fingerprint density at radius 2 is 1.96 bits per heavy atom. The van der Waals surface area contributed by atoms with Gasteiger partial charge in [0.2, 0.25) is 0 Å². The van der Waals surface area contributed by atoms with Crippen LogP contribution in [0.3, 0.4) is 0 Å². The van der Waals surface area contributed by atoms with Crippen LogP contribution in [-0.2, 0) is 21.4 Å². The van der Waals surface area contributed by atoms with Gasteiger partial charge in [-0.2, -0.15) is 5.10 Å². The van der Waals surface area contributed by atoms with Gasteiger partial charge in [0, 0.05) is 30.9 Å². The van der Waals surface area contributed by atoms with Gasteiger partial charge in [0.15, 0.2) is 6.61 Å². The van der Waals surface area contributed by atoms with E-state index in [9.17, 15) is 14.4 Å². The number of urea groups is 1. The number of carbonyl (C=O) groups is 3. The summed E-state index contributed by atoms with van der Waals surface area (Å²) in [5.74, 6) is -0.897. The molecule has 1 heterocycles. The van der Waals surface area contributed by atoms with Gasteiger partial charge in [0.25, 0.3) is 5.91 Å². The van der Waals surface area contributed by atoms with Crippen LogP contribution >= 0.6 is 0 Å². The van der Waals surface area contributed by atoms with Gasteiger partial charge < -0.3 is 10.1 Å². The highest BCUT2D eigenvalue weighted by atomic mass is 16.5. The number of aryl methyl sites for hydroxylation is 2. The molecule has 0 bridgehead atoms. The Labute approximate surface area is 147 Å². The molecule has 8 nitrogen and oxygen atoms in total. The molecule has 0 saturated heterocycles. The van der Waals surface area contributed by atoms with Crippen molar-refractivity contribution < 1.29 is 19.1 Å². The minimum atomic E-state index is -0.683. The monoisotopic (exact) mass is 350 g/mol. The van der Waals surface area contributed by atoms with Crippen molar-refractivity contribution in [2.75, 3.05) is 13.2 Å². The topological polar surface area (TPSA) is 102 Å². The van der Waals surface area contributed by atoms with Gasteiger partial charge in [-0.15, -0.1) is 0 Å². The Balaban J connectivity index is 2.37. The van der Waals surface area contributed by atoms with Crippen LogP contribution in [0.25, 0.3) is 6.08 Å². The molecule has 1 rings (SSSR count). The molecule has 0 fully saturated rings. The number of nitrogens with one attached hydrogen (secondary N) is 2. The minimum Gasteiger partial charge on any atom is -0.452 e. The zero-order valence-corrected chi connectivity index (χ0v) is 15.4. The maximum atomic E-state index is 11.7. The van der Waals surface area contributed by atoms with E-state index in [1.807, 2.05) is 34.7 Å². The Morgan fingerprint density at radius 1 is 1.28 bits per heavy atom. The number of nitrogens with zero attached hydrogens (tertiary/aromatic N) is 2. The second-order valence-electron chi connectivity index (χ2n) is 6.14. The third kappa shape index (κ3) is 7.19. The molecule has 8 heteroatoms. The molecule has 0 aliphatic carbocycles. The number of esters is 1. The SMILES string of the molecule is Cc1nn(C)c(C)c1/C=C/C(=O)OCC(=O)NC(=O)NCCC(C)C. The molecule has 0 spiro atoms. The van der Waals surface area contributed by atoms with Gasteiger partial charge in [-0.05, 0) is 32.3 Å². The van der Waals surface area contributed by atoms with Crippen molar-refractivity contribution in [2.24, 2.45) is 13.0 Å². The van der Waals surface area contributed by atoms with E-state index in [0.29, 0.717) is 12.5 Å². The molecule has 138 valence electrons. The third-order valence-electron chi connectivity index (χ3n) is 3.56. The van der Waals surface area contributed by atoms with E-state index in [1.165, 1.54) is 6.08 Å². The van der Waals surface area contributed by atoms with E-state index in [-0.39, 0.29) is 0 Å². The maximum absolute atomic E-state index is 11.7. The van der Waals surface area contributed by atoms with Crippen LogP contribution in [0.15, 0.2) is 6.08 Å². The highest BCUT2D eigenvalue weighted by molar-refractivity contribution is 5.96. The van der Waals surface area contributed by atoms with Crippen LogP contribution < -0.4 is 10.6 Å². The molecule has 25 heavy (non-hydrogen) atoms. The normalized spacial score (nSPS) is 11.0. The zero-order valence-electron chi connectivity index (χ0n) is 15.4. The van der Waals surface area contributed by atoms with E-state index in [0.717, 1.165) is 23.4 Å². The van der Waals surface area contributed by atoms with E-state index in [4.69, 9.17) is 4.74 Å². The Kier molecular flexibility index (Phi) is 7.84. The lowest BCUT2D eigenvalue weighted by molar-refractivity contribution is -0.143. The van der Waals surface area contributed by atoms with Gasteiger partial charge >= 0.3 is 12.0 Å². The van der Waals surface area contributed by atoms with Crippen molar-refractivity contribution in [3.05, 3.63) is 23.0 Å². The van der Waals surface area contributed by atoms with Crippen molar-refractivity contribution in [2.45, 2.75) is 34.1 Å². The Bertz CT molecular complexity index is 662. The summed E-state index contributed by atoms with van der Waals surface area (Å²) in [6.45, 7) is 7.74.